The molecule has 1 unspecified atom stereocenters. The average molecular weight is 289 g/mol. The van der Waals surface area contributed by atoms with Gasteiger partial charge in [-0.25, -0.2) is 0 Å². The fourth-order valence-corrected chi connectivity index (χ4v) is 2.42. The maximum absolute atomic E-state index is 8.75. The van der Waals surface area contributed by atoms with Crippen LogP contribution in [-0.4, -0.2) is 56.2 Å². The van der Waals surface area contributed by atoms with Gasteiger partial charge in [-0.15, -0.1) is 0 Å². The smallest absolute Gasteiger partial charge is 0.119 e. The summed E-state index contributed by atoms with van der Waals surface area (Å²) in [6.45, 7) is 8.35. The summed E-state index contributed by atoms with van der Waals surface area (Å²) in [5, 5.41) is 8.75. The standard InChI is InChI=1S/C17H27N3O/c1-5-20(15(2)14-19(3)4)11-6-12-21-17-9-7-16(13-18)8-10-17/h7-10,15H,5-6,11-12,14H2,1-4H3. The summed E-state index contributed by atoms with van der Waals surface area (Å²) in [5.41, 5.74) is 0.664. The number of nitriles is 1. The Balaban J connectivity index is 2.29. The lowest BCUT2D eigenvalue weighted by molar-refractivity contribution is 0.168. The van der Waals surface area contributed by atoms with Crippen molar-refractivity contribution in [1.82, 2.24) is 9.80 Å². The van der Waals surface area contributed by atoms with Crippen molar-refractivity contribution in [3.8, 4) is 11.8 Å². The Hall–Kier alpha value is -1.57. The minimum Gasteiger partial charge on any atom is -0.494 e. The molecule has 0 aliphatic rings. The lowest BCUT2D eigenvalue weighted by Gasteiger charge is -2.29. The van der Waals surface area contributed by atoms with Crippen LogP contribution in [0.1, 0.15) is 25.8 Å². The van der Waals surface area contributed by atoms with E-state index < -0.39 is 0 Å². The van der Waals surface area contributed by atoms with Crippen LogP contribution in [0, 0.1) is 11.3 Å². The van der Waals surface area contributed by atoms with Gasteiger partial charge in [0.15, 0.2) is 0 Å². The molecule has 1 rings (SSSR count). The van der Waals surface area contributed by atoms with E-state index in [0.717, 1.165) is 31.8 Å². The monoisotopic (exact) mass is 289 g/mol. The van der Waals surface area contributed by atoms with Crippen molar-refractivity contribution in [1.29, 1.82) is 5.26 Å². The summed E-state index contributed by atoms with van der Waals surface area (Å²) in [6.07, 6.45) is 1.01. The molecule has 0 bridgehead atoms. The molecule has 4 heteroatoms. The average Bonchev–Trinajstić information content (AvgIpc) is 2.47. The molecule has 116 valence electrons. The Bertz CT molecular complexity index is 436. The number of ether oxygens (including phenoxy) is 1. The lowest BCUT2D eigenvalue weighted by atomic mass is 10.2. The van der Waals surface area contributed by atoms with E-state index in [9.17, 15) is 0 Å². The fraction of sp³-hybridized carbons (Fsp3) is 0.588. The first-order valence-corrected chi connectivity index (χ1v) is 7.58. The zero-order valence-electron chi connectivity index (χ0n) is 13.7. The topological polar surface area (TPSA) is 39.5 Å². The van der Waals surface area contributed by atoms with Crippen LogP contribution < -0.4 is 4.74 Å². The number of likely N-dealkylation sites (N-methyl/N-ethyl adjacent to an activating group) is 2. The zero-order valence-corrected chi connectivity index (χ0v) is 13.7. The van der Waals surface area contributed by atoms with Gasteiger partial charge < -0.3 is 9.64 Å². The van der Waals surface area contributed by atoms with Crippen LogP contribution in [0.25, 0.3) is 0 Å². The van der Waals surface area contributed by atoms with Crippen molar-refractivity contribution in [3.05, 3.63) is 29.8 Å². The fourth-order valence-electron chi connectivity index (χ4n) is 2.42. The molecule has 0 radical (unpaired) electrons. The molecule has 0 N–H and O–H groups in total. The molecule has 0 aromatic heterocycles. The highest BCUT2D eigenvalue weighted by Gasteiger charge is 2.12. The number of nitrogens with zero attached hydrogens (tertiary/aromatic N) is 3. The number of benzene rings is 1. The van der Waals surface area contributed by atoms with Crippen molar-refractivity contribution in [2.75, 3.05) is 40.3 Å². The molecule has 0 amide bonds. The highest BCUT2D eigenvalue weighted by atomic mass is 16.5. The Labute approximate surface area is 128 Å². The van der Waals surface area contributed by atoms with Crippen LogP contribution in [0.5, 0.6) is 5.75 Å². The van der Waals surface area contributed by atoms with E-state index in [0.29, 0.717) is 18.2 Å². The molecule has 4 nitrogen and oxygen atoms in total. The first-order chi connectivity index (χ1) is 10.1. The molecule has 1 aromatic rings. The first kappa shape index (κ1) is 17.5. The summed E-state index contributed by atoms with van der Waals surface area (Å²) >= 11 is 0. The van der Waals surface area contributed by atoms with Crippen LogP contribution >= 0.6 is 0 Å². The van der Waals surface area contributed by atoms with Gasteiger partial charge in [0.05, 0.1) is 18.2 Å². The van der Waals surface area contributed by atoms with E-state index in [1.807, 2.05) is 12.1 Å². The highest BCUT2D eigenvalue weighted by Crippen LogP contribution is 2.12. The molecule has 0 fully saturated rings. The van der Waals surface area contributed by atoms with E-state index in [1.54, 1.807) is 12.1 Å². The van der Waals surface area contributed by atoms with Gasteiger partial charge in [-0.3, -0.25) is 4.90 Å². The van der Waals surface area contributed by atoms with Crippen molar-refractivity contribution in [2.45, 2.75) is 26.3 Å². The third-order valence-corrected chi connectivity index (χ3v) is 3.50. The van der Waals surface area contributed by atoms with Gasteiger partial charge in [-0.05, 0) is 58.3 Å². The highest BCUT2D eigenvalue weighted by molar-refractivity contribution is 5.34. The quantitative estimate of drug-likeness (QED) is 0.655. The Kier molecular flexibility index (Phi) is 7.81. The SMILES string of the molecule is CCN(CCCOc1ccc(C#N)cc1)C(C)CN(C)C. The molecular formula is C17H27N3O. The Morgan fingerprint density at radius 3 is 2.43 bits per heavy atom. The van der Waals surface area contributed by atoms with E-state index >= 15 is 0 Å². The predicted octanol–water partition coefficient (Wildman–Crippen LogP) is 2.60. The lowest BCUT2D eigenvalue weighted by Crippen LogP contribution is -2.40. The molecule has 0 heterocycles. The normalized spacial score (nSPS) is 12.4. The van der Waals surface area contributed by atoms with Crippen molar-refractivity contribution >= 4 is 0 Å². The summed E-state index contributed by atoms with van der Waals surface area (Å²) < 4.78 is 5.71. The zero-order chi connectivity index (χ0) is 15.7. The third kappa shape index (κ3) is 6.61. The van der Waals surface area contributed by atoms with Gasteiger partial charge in [0.2, 0.25) is 0 Å². The predicted molar refractivity (Wildman–Crippen MR) is 86.5 cm³/mol. The van der Waals surface area contributed by atoms with Gasteiger partial charge in [0, 0.05) is 19.1 Å². The summed E-state index contributed by atoms with van der Waals surface area (Å²) in [7, 11) is 4.22. The van der Waals surface area contributed by atoms with Crippen LogP contribution in [0.15, 0.2) is 24.3 Å². The second-order valence-corrected chi connectivity index (χ2v) is 5.58. The molecule has 0 spiro atoms. The van der Waals surface area contributed by atoms with E-state index in [4.69, 9.17) is 10.00 Å². The molecule has 0 saturated carbocycles. The van der Waals surface area contributed by atoms with Gasteiger partial charge in [0.25, 0.3) is 0 Å². The Morgan fingerprint density at radius 1 is 1.24 bits per heavy atom. The van der Waals surface area contributed by atoms with Gasteiger partial charge in [0.1, 0.15) is 5.75 Å². The van der Waals surface area contributed by atoms with Gasteiger partial charge in [-0.1, -0.05) is 6.92 Å². The molecule has 21 heavy (non-hydrogen) atoms. The molecular weight excluding hydrogens is 262 g/mol. The number of hydrogen-bond donors (Lipinski definition) is 0. The molecule has 0 saturated heterocycles. The number of hydrogen-bond acceptors (Lipinski definition) is 4. The minimum atomic E-state index is 0.555. The van der Waals surface area contributed by atoms with Crippen molar-refractivity contribution in [3.63, 3.8) is 0 Å². The van der Waals surface area contributed by atoms with Crippen LogP contribution in [-0.2, 0) is 0 Å². The van der Waals surface area contributed by atoms with Crippen LogP contribution in [0.2, 0.25) is 0 Å². The molecule has 0 aliphatic heterocycles. The number of rotatable bonds is 9. The van der Waals surface area contributed by atoms with Gasteiger partial charge in [-0.2, -0.15) is 5.26 Å². The third-order valence-electron chi connectivity index (χ3n) is 3.50. The van der Waals surface area contributed by atoms with Crippen LogP contribution in [0.4, 0.5) is 0 Å². The molecule has 1 aromatic carbocycles. The van der Waals surface area contributed by atoms with Gasteiger partial charge >= 0.3 is 0 Å². The minimum absolute atomic E-state index is 0.555. The second kappa shape index (κ2) is 9.38. The maximum Gasteiger partial charge on any atom is 0.119 e. The molecule has 1 atom stereocenters. The van der Waals surface area contributed by atoms with Crippen LogP contribution in [0.3, 0.4) is 0 Å². The van der Waals surface area contributed by atoms with Crippen molar-refractivity contribution in [2.24, 2.45) is 0 Å². The van der Waals surface area contributed by atoms with Crippen molar-refractivity contribution < 1.29 is 4.74 Å². The second-order valence-electron chi connectivity index (χ2n) is 5.58. The van der Waals surface area contributed by atoms with E-state index in [-0.39, 0.29) is 0 Å². The molecule has 0 aliphatic carbocycles. The maximum atomic E-state index is 8.75. The largest absolute Gasteiger partial charge is 0.494 e. The van der Waals surface area contributed by atoms with E-state index in [2.05, 4.69) is 43.8 Å². The van der Waals surface area contributed by atoms with E-state index in [1.165, 1.54) is 0 Å². The summed E-state index contributed by atoms with van der Waals surface area (Å²) in [5.74, 6) is 0.832. The summed E-state index contributed by atoms with van der Waals surface area (Å²) in [6, 6.07) is 9.93. The summed E-state index contributed by atoms with van der Waals surface area (Å²) in [4.78, 5) is 4.70. The Morgan fingerprint density at radius 2 is 1.90 bits per heavy atom. The first-order valence-electron chi connectivity index (χ1n) is 7.58.